The zero-order chi connectivity index (χ0) is 31.1. The van der Waals surface area contributed by atoms with Crippen LogP contribution >= 0.6 is 0 Å². The van der Waals surface area contributed by atoms with E-state index in [4.69, 9.17) is 28.8 Å². The van der Waals surface area contributed by atoms with Crippen LogP contribution in [0.3, 0.4) is 0 Å². The van der Waals surface area contributed by atoms with Crippen molar-refractivity contribution in [2.75, 3.05) is 66.5 Å². The lowest BCUT2D eigenvalue weighted by atomic mass is 10.0. The number of unbranched alkanes of at least 4 members (excludes halogenated alkanes) is 10. The van der Waals surface area contributed by atoms with Crippen LogP contribution in [0.15, 0.2) is 0 Å². The van der Waals surface area contributed by atoms with E-state index in [2.05, 4.69) is 17.6 Å². The predicted molar refractivity (Wildman–Crippen MR) is 162 cm³/mol. The Morgan fingerprint density at radius 1 is 0.690 bits per heavy atom. The van der Waals surface area contributed by atoms with Gasteiger partial charge in [-0.2, -0.15) is 0 Å². The molecule has 0 aromatic carbocycles. The largest absolute Gasteiger partial charge is 0.467 e. The summed E-state index contributed by atoms with van der Waals surface area (Å²) in [5.41, 5.74) is 0. The minimum absolute atomic E-state index is 0.00127. The summed E-state index contributed by atoms with van der Waals surface area (Å²) in [4.78, 5) is 36.1. The molecular formula is C31H60N2O9. The number of aliphatic hydroxyl groups is 1. The second kappa shape index (κ2) is 30.7. The van der Waals surface area contributed by atoms with E-state index in [1.165, 1.54) is 65.4 Å². The highest BCUT2D eigenvalue weighted by Crippen LogP contribution is 2.13. The fraction of sp³-hybridized carbons (Fsp3) is 0.903. The SMILES string of the molecule is CCCCCCCCCCCCC(OCCOCCOCCOCCO)C(=O)NCCCC[C@@H](NC(C)=O)C(=O)OC. The number of ether oxygens (including phenoxy) is 5. The third-order valence-electron chi connectivity index (χ3n) is 6.72. The maximum atomic E-state index is 12.9. The maximum absolute atomic E-state index is 12.9. The first-order valence-electron chi connectivity index (χ1n) is 16.0. The first-order chi connectivity index (χ1) is 20.5. The summed E-state index contributed by atoms with van der Waals surface area (Å²) in [5, 5.41) is 14.2. The van der Waals surface area contributed by atoms with E-state index in [0.29, 0.717) is 78.5 Å². The van der Waals surface area contributed by atoms with Crippen LogP contribution in [-0.2, 0) is 38.1 Å². The molecule has 0 aromatic heterocycles. The summed E-state index contributed by atoms with van der Waals surface area (Å²) < 4.78 is 26.7. The molecule has 11 heteroatoms. The third-order valence-corrected chi connectivity index (χ3v) is 6.72. The first kappa shape index (κ1) is 40.2. The molecule has 11 nitrogen and oxygen atoms in total. The molecule has 0 aliphatic rings. The van der Waals surface area contributed by atoms with Gasteiger partial charge in [0.25, 0.3) is 0 Å². The zero-order valence-electron chi connectivity index (χ0n) is 26.6. The van der Waals surface area contributed by atoms with Crippen molar-refractivity contribution in [3.8, 4) is 0 Å². The molecule has 1 unspecified atom stereocenters. The molecule has 0 radical (unpaired) electrons. The van der Waals surface area contributed by atoms with Crippen LogP contribution in [0, 0.1) is 0 Å². The molecule has 3 N–H and O–H groups in total. The van der Waals surface area contributed by atoms with Gasteiger partial charge < -0.3 is 39.4 Å². The summed E-state index contributed by atoms with van der Waals surface area (Å²) in [6.45, 7) is 6.77. The number of rotatable bonds is 31. The summed E-state index contributed by atoms with van der Waals surface area (Å²) in [5.74, 6) is -0.894. The molecule has 0 fully saturated rings. The van der Waals surface area contributed by atoms with E-state index < -0.39 is 18.1 Å². The highest BCUT2D eigenvalue weighted by atomic mass is 16.6. The Kier molecular flexibility index (Phi) is 29.4. The zero-order valence-corrected chi connectivity index (χ0v) is 26.6. The number of methoxy groups -OCH3 is 1. The standard InChI is InChI=1S/C31H60N2O9/c1-4-5-6-7-8-9-10-11-12-13-17-29(42-26-25-41-24-23-40-22-21-39-20-19-34)30(36)32-18-15-14-16-28(31(37)38-3)33-27(2)35/h28-29,34H,4-26H2,1-3H3,(H,32,36)(H,33,35)/t28-,29?/m1/s1. The molecule has 0 aromatic rings. The van der Waals surface area contributed by atoms with Gasteiger partial charge in [0.2, 0.25) is 11.8 Å². The van der Waals surface area contributed by atoms with Crippen LogP contribution in [0.25, 0.3) is 0 Å². The van der Waals surface area contributed by atoms with Crippen molar-refractivity contribution in [1.82, 2.24) is 10.6 Å². The van der Waals surface area contributed by atoms with Gasteiger partial charge in [0.15, 0.2) is 0 Å². The van der Waals surface area contributed by atoms with Gasteiger partial charge in [0.05, 0.1) is 60.0 Å². The Hall–Kier alpha value is -1.79. The smallest absolute Gasteiger partial charge is 0.328 e. The molecule has 248 valence electrons. The number of aliphatic hydroxyl groups excluding tert-OH is 1. The summed E-state index contributed by atoms with van der Waals surface area (Å²) >= 11 is 0. The van der Waals surface area contributed by atoms with Crippen molar-refractivity contribution < 1.29 is 43.2 Å². The van der Waals surface area contributed by atoms with Crippen molar-refractivity contribution >= 4 is 17.8 Å². The predicted octanol–water partition coefficient (Wildman–Crippen LogP) is 3.69. The molecule has 0 rings (SSSR count). The average molecular weight is 605 g/mol. The molecule has 42 heavy (non-hydrogen) atoms. The van der Waals surface area contributed by atoms with Crippen molar-refractivity contribution in [1.29, 1.82) is 0 Å². The second-order valence-electron chi connectivity index (χ2n) is 10.5. The van der Waals surface area contributed by atoms with Gasteiger partial charge in [-0.3, -0.25) is 9.59 Å². The average Bonchev–Trinajstić information content (AvgIpc) is 2.98. The van der Waals surface area contributed by atoms with Crippen LogP contribution in [0.1, 0.15) is 104 Å². The van der Waals surface area contributed by atoms with Crippen molar-refractivity contribution in [3.63, 3.8) is 0 Å². The number of esters is 1. The van der Waals surface area contributed by atoms with E-state index in [-0.39, 0.29) is 18.4 Å². The normalized spacial score (nSPS) is 12.6. The number of carbonyl (C=O) groups excluding carboxylic acids is 3. The Labute approximate surface area is 254 Å². The fourth-order valence-electron chi connectivity index (χ4n) is 4.40. The van der Waals surface area contributed by atoms with E-state index in [1.807, 2.05) is 0 Å². The van der Waals surface area contributed by atoms with Crippen LogP contribution in [-0.4, -0.2) is 102 Å². The Morgan fingerprint density at radius 3 is 1.76 bits per heavy atom. The quantitative estimate of drug-likeness (QED) is 0.0798. The van der Waals surface area contributed by atoms with Gasteiger partial charge in [-0.1, -0.05) is 71.1 Å². The lowest BCUT2D eigenvalue weighted by Crippen LogP contribution is -2.40. The molecule has 0 saturated carbocycles. The summed E-state index contributed by atoms with van der Waals surface area (Å²) in [7, 11) is 1.29. The van der Waals surface area contributed by atoms with Gasteiger partial charge in [-0.15, -0.1) is 0 Å². The minimum atomic E-state index is -0.680. The second-order valence-corrected chi connectivity index (χ2v) is 10.5. The number of hydrogen-bond acceptors (Lipinski definition) is 9. The van der Waals surface area contributed by atoms with Gasteiger partial charge in [0, 0.05) is 13.5 Å². The third kappa shape index (κ3) is 25.9. The molecule has 0 heterocycles. The molecule has 2 amide bonds. The molecular weight excluding hydrogens is 544 g/mol. The highest BCUT2D eigenvalue weighted by Gasteiger charge is 2.20. The van der Waals surface area contributed by atoms with E-state index in [0.717, 1.165) is 12.8 Å². The van der Waals surface area contributed by atoms with Crippen molar-refractivity contribution in [2.45, 2.75) is 116 Å². The van der Waals surface area contributed by atoms with E-state index in [1.54, 1.807) is 0 Å². The molecule has 0 aliphatic carbocycles. The van der Waals surface area contributed by atoms with Crippen LogP contribution in [0.5, 0.6) is 0 Å². The van der Waals surface area contributed by atoms with Gasteiger partial charge in [-0.25, -0.2) is 4.79 Å². The van der Waals surface area contributed by atoms with Crippen LogP contribution in [0.2, 0.25) is 0 Å². The Morgan fingerprint density at radius 2 is 1.21 bits per heavy atom. The number of carbonyl (C=O) groups is 3. The Bertz CT molecular complexity index is 652. The molecule has 0 spiro atoms. The summed E-state index contributed by atoms with van der Waals surface area (Å²) in [6, 6.07) is -0.680. The topological polar surface area (TPSA) is 142 Å². The Balaban J connectivity index is 4.35. The number of nitrogens with one attached hydrogen (secondary N) is 2. The minimum Gasteiger partial charge on any atom is -0.467 e. The molecule has 2 atom stereocenters. The van der Waals surface area contributed by atoms with Crippen molar-refractivity contribution in [3.05, 3.63) is 0 Å². The van der Waals surface area contributed by atoms with Crippen LogP contribution in [0.4, 0.5) is 0 Å². The number of amides is 2. The van der Waals surface area contributed by atoms with Gasteiger partial charge >= 0.3 is 5.97 Å². The van der Waals surface area contributed by atoms with Gasteiger partial charge in [-0.05, 0) is 25.7 Å². The first-order valence-corrected chi connectivity index (χ1v) is 16.0. The lowest BCUT2D eigenvalue weighted by molar-refractivity contribution is -0.145. The number of hydrogen-bond donors (Lipinski definition) is 3. The summed E-state index contributed by atoms with van der Waals surface area (Å²) in [6.07, 6.45) is 14.1. The molecule has 0 aliphatic heterocycles. The monoisotopic (exact) mass is 604 g/mol. The molecule has 0 saturated heterocycles. The van der Waals surface area contributed by atoms with Gasteiger partial charge in [0.1, 0.15) is 12.1 Å². The van der Waals surface area contributed by atoms with E-state index >= 15 is 0 Å². The highest BCUT2D eigenvalue weighted by molar-refractivity contribution is 5.83. The fourth-order valence-corrected chi connectivity index (χ4v) is 4.40. The van der Waals surface area contributed by atoms with Crippen LogP contribution < -0.4 is 10.6 Å². The molecule has 0 bridgehead atoms. The van der Waals surface area contributed by atoms with Crippen molar-refractivity contribution in [2.24, 2.45) is 0 Å². The lowest BCUT2D eigenvalue weighted by Gasteiger charge is -2.18. The van der Waals surface area contributed by atoms with E-state index in [9.17, 15) is 14.4 Å². The maximum Gasteiger partial charge on any atom is 0.328 e.